The molecule has 0 saturated carbocycles. The van der Waals surface area contributed by atoms with E-state index in [-0.39, 0.29) is 25.6 Å². The number of aromatic nitrogens is 3. The molecule has 0 amide bonds. The molecule has 0 spiro atoms. The SMILES string of the molecule is O=S(=O)(Nc1cc(-c2nnc3n2CCCCC3)c(F)cc1F)c1ccc(Cl)s1. The highest BCUT2D eigenvalue weighted by atomic mass is 35.5. The van der Waals surface area contributed by atoms with Gasteiger partial charge >= 0.3 is 0 Å². The van der Waals surface area contributed by atoms with Crippen LogP contribution in [0.5, 0.6) is 0 Å². The first kappa shape index (κ1) is 19.3. The summed E-state index contributed by atoms with van der Waals surface area (Å²) in [5.41, 5.74) is -0.379. The van der Waals surface area contributed by atoms with Crippen LogP contribution in [0.3, 0.4) is 0 Å². The lowest BCUT2D eigenvalue weighted by Gasteiger charge is -2.12. The van der Waals surface area contributed by atoms with Gasteiger partial charge in [-0.2, -0.15) is 0 Å². The first-order valence-corrected chi connectivity index (χ1v) is 11.2. The van der Waals surface area contributed by atoms with Crippen molar-refractivity contribution in [3.05, 3.63) is 46.1 Å². The van der Waals surface area contributed by atoms with E-state index in [1.807, 2.05) is 0 Å². The maximum atomic E-state index is 14.5. The molecule has 1 aliphatic rings. The minimum atomic E-state index is -4.06. The molecule has 11 heteroatoms. The van der Waals surface area contributed by atoms with Gasteiger partial charge in [-0.05, 0) is 31.0 Å². The summed E-state index contributed by atoms with van der Waals surface area (Å²) in [6, 6.07) is 4.50. The van der Waals surface area contributed by atoms with Crippen LogP contribution in [0.15, 0.2) is 28.5 Å². The van der Waals surface area contributed by atoms with Crippen LogP contribution in [0.2, 0.25) is 4.34 Å². The average molecular weight is 445 g/mol. The Kier molecular flexibility index (Phi) is 5.11. The number of aryl methyl sites for hydroxylation is 1. The highest BCUT2D eigenvalue weighted by Crippen LogP contribution is 2.32. The van der Waals surface area contributed by atoms with Crippen molar-refractivity contribution in [3.63, 3.8) is 0 Å². The molecule has 0 saturated heterocycles. The van der Waals surface area contributed by atoms with E-state index in [1.165, 1.54) is 12.1 Å². The van der Waals surface area contributed by atoms with Crippen LogP contribution in [0.25, 0.3) is 11.4 Å². The van der Waals surface area contributed by atoms with Crippen molar-refractivity contribution >= 4 is 38.6 Å². The fourth-order valence-corrected chi connectivity index (χ4v) is 5.66. The summed E-state index contributed by atoms with van der Waals surface area (Å²) in [6.45, 7) is 0.628. The third-order valence-corrected chi connectivity index (χ3v) is 7.55. The van der Waals surface area contributed by atoms with Gasteiger partial charge in [0.1, 0.15) is 21.7 Å². The minimum absolute atomic E-state index is 0.0102. The lowest BCUT2D eigenvalue weighted by Crippen LogP contribution is -2.13. The van der Waals surface area contributed by atoms with E-state index in [0.29, 0.717) is 12.6 Å². The number of nitrogens with one attached hydrogen (secondary N) is 1. The molecule has 0 radical (unpaired) electrons. The standard InChI is InChI=1S/C17H15ClF2N4O2S2/c18-14-5-6-16(27-14)28(25,26)23-13-8-10(11(19)9-12(13)20)17-22-21-15-4-2-1-3-7-24(15)17/h5-6,8-9,23H,1-4,7H2. The summed E-state index contributed by atoms with van der Waals surface area (Å²) < 4.78 is 57.9. The van der Waals surface area contributed by atoms with Crippen molar-refractivity contribution < 1.29 is 17.2 Å². The summed E-state index contributed by atoms with van der Waals surface area (Å²) in [7, 11) is -4.06. The Labute approximate surface area is 169 Å². The van der Waals surface area contributed by atoms with Crippen molar-refractivity contribution in [3.8, 4) is 11.4 Å². The van der Waals surface area contributed by atoms with E-state index < -0.39 is 21.7 Å². The highest BCUT2D eigenvalue weighted by molar-refractivity contribution is 7.94. The summed E-state index contributed by atoms with van der Waals surface area (Å²) in [5, 5.41) is 8.17. The van der Waals surface area contributed by atoms with Gasteiger partial charge in [0.25, 0.3) is 10.0 Å². The molecule has 1 N–H and O–H groups in total. The van der Waals surface area contributed by atoms with Crippen LogP contribution in [0.1, 0.15) is 25.1 Å². The number of anilines is 1. The fraction of sp³-hybridized carbons (Fsp3) is 0.294. The Balaban J connectivity index is 1.75. The molecule has 4 rings (SSSR count). The Hall–Kier alpha value is -2.04. The molecule has 0 atom stereocenters. The lowest BCUT2D eigenvalue weighted by molar-refractivity contribution is 0.581. The second kappa shape index (κ2) is 7.41. The van der Waals surface area contributed by atoms with Crippen molar-refractivity contribution in [2.45, 2.75) is 36.4 Å². The number of halogens is 3. The predicted octanol–water partition coefficient (Wildman–Crippen LogP) is 4.47. The van der Waals surface area contributed by atoms with Gasteiger partial charge in [0, 0.05) is 19.0 Å². The van der Waals surface area contributed by atoms with Crippen LogP contribution in [0, 0.1) is 11.6 Å². The Bertz CT molecular complexity index is 1140. The van der Waals surface area contributed by atoms with E-state index >= 15 is 0 Å². The maximum Gasteiger partial charge on any atom is 0.271 e. The topological polar surface area (TPSA) is 76.9 Å². The van der Waals surface area contributed by atoms with E-state index in [9.17, 15) is 17.2 Å². The number of hydrogen-bond acceptors (Lipinski definition) is 5. The first-order chi connectivity index (χ1) is 13.3. The van der Waals surface area contributed by atoms with E-state index in [1.54, 1.807) is 4.57 Å². The maximum absolute atomic E-state index is 14.5. The molecule has 28 heavy (non-hydrogen) atoms. The molecular weight excluding hydrogens is 430 g/mol. The summed E-state index contributed by atoms with van der Waals surface area (Å²) >= 11 is 6.62. The van der Waals surface area contributed by atoms with Gasteiger partial charge in [0.2, 0.25) is 0 Å². The smallest absolute Gasteiger partial charge is 0.271 e. The number of thiophene rings is 1. The Morgan fingerprint density at radius 3 is 2.68 bits per heavy atom. The Morgan fingerprint density at radius 2 is 1.93 bits per heavy atom. The quantitative estimate of drug-likeness (QED) is 0.644. The van der Waals surface area contributed by atoms with Gasteiger partial charge in [-0.25, -0.2) is 17.2 Å². The van der Waals surface area contributed by atoms with Crippen LogP contribution in [-0.4, -0.2) is 23.2 Å². The van der Waals surface area contributed by atoms with Gasteiger partial charge in [-0.1, -0.05) is 18.0 Å². The molecule has 3 aromatic rings. The molecule has 0 aliphatic carbocycles. The molecule has 2 aromatic heterocycles. The van der Waals surface area contributed by atoms with Gasteiger partial charge < -0.3 is 4.57 Å². The zero-order valence-electron chi connectivity index (χ0n) is 14.5. The number of benzene rings is 1. The molecule has 1 aliphatic heterocycles. The lowest BCUT2D eigenvalue weighted by atomic mass is 10.1. The van der Waals surface area contributed by atoms with Crippen LogP contribution in [0.4, 0.5) is 14.5 Å². The summed E-state index contributed by atoms with van der Waals surface area (Å²) in [4.78, 5) is 0. The Morgan fingerprint density at radius 1 is 1.11 bits per heavy atom. The minimum Gasteiger partial charge on any atom is -0.311 e. The second-order valence-electron chi connectivity index (χ2n) is 6.38. The van der Waals surface area contributed by atoms with Crippen molar-refractivity contribution in [2.24, 2.45) is 0 Å². The van der Waals surface area contributed by atoms with Gasteiger partial charge in [-0.3, -0.25) is 4.72 Å². The largest absolute Gasteiger partial charge is 0.311 e. The normalized spacial score (nSPS) is 14.5. The van der Waals surface area contributed by atoms with E-state index in [0.717, 1.165) is 48.9 Å². The van der Waals surface area contributed by atoms with Crippen molar-refractivity contribution in [2.75, 3.05) is 4.72 Å². The van der Waals surface area contributed by atoms with Gasteiger partial charge in [0.15, 0.2) is 5.82 Å². The fourth-order valence-electron chi connectivity index (χ4n) is 3.12. The molecule has 3 heterocycles. The van der Waals surface area contributed by atoms with Crippen LogP contribution < -0.4 is 4.72 Å². The number of nitrogens with zero attached hydrogens (tertiary/aromatic N) is 3. The van der Waals surface area contributed by atoms with Crippen molar-refractivity contribution in [1.29, 1.82) is 0 Å². The molecule has 148 valence electrons. The average Bonchev–Trinajstić information content (AvgIpc) is 3.17. The van der Waals surface area contributed by atoms with E-state index in [4.69, 9.17) is 11.6 Å². The zero-order chi connectivity index (χ0) is 19.9. The molecule has 6 nitrogen and oxygen atoms in total. The van der Waals surface area contributed by atoms with E-state index in [2.05, 4.69) is 14.9 Å². The number of rotatable bonds is 4. The third kappa shape index (κ3) is 3.63. The zero-order valence-corrected chi connectivity index (χ0v) is 16.8. The molecule has 0 bridgehead atoms. The number of fused-ring (bicyclic) bond motifs is 1. The summed E-state index contributed by atoms with van der Waals surface area (Å²) in [5.74, 6) is -0.859. The molecular formula is C17H15ClF2N4O2S2. The van der Waals surface area contributed by atoms with Crippen LogP contribution >= 0.6 is 22.9 Å². The monoisotopic (exact) mass is 444 g/mol. The molecule has 1 aromatic carbocycles. The number of hydrogen-bond donors (Lipinski definition) is 1. The molecule has 0 unspecified atom stereocenters. The second-order valence-corrected chi connectivity index (χ2v) is 10.0. The predicted molar refractivity (Wildman–Crippen MR) is 103 cm³/mol. The summed E-state index contributed by atoms with van der Waals surface area (Å²) in [6.07, 6.45) is 3.63. The third-order valence-electron chi connectivity index (χ3n) is 4.46. The molecule has 0 fully saturated rings. The number of sulfonamides is 1. The van der Waals surface area contributed by atoms with Gasteiger partial charge in [0.05, 0.1) is 15.6 Å². The van der Waals surface area contributed by atoms with Crippen LogP contribution in [-0.2, 0) is 23.0 Å². The van der Waals surface area contributed by atoms with Gasteiger partial charge in [-0.15, -0.1) is 21.5 Å². The van der Waals surface area contributed by atoms with Crippen molar-refractivity contribution in [1.82, 2.24) is 14.8 Å². The highest BCUT2D eigenvalue weighted by Gasteiger charge is 2.23. The first-order valence-electron chi connectivity index (χ1n) is 8.55.